The molecule has 1 atom stereocenters. The lowest BCUT2D eigenvalue weighted by Crippen LogP contribution is -2.35. The van der Waals surface area contributed by atoms with Gasteiger partial charge in [0, 0.05) is 29.3 Å². The third-order valence-corrected chi connectivity index (χ3v) is 5.39. The van der Waals surface area contributed by atoms with E-state index in [0.29, 0.717) is 24.5 Å². The standard InChI is InChI=1S/C23H34N4O2/c1-21(2,3)15-11-16-14(18(19(15)28)22(4,5)6)12-23(7,29-16)13-27-10-8-9-17(27)26-20(24)25/h8-11,28H,12-13H2,1-7H3,(H4,24,25,26). The molecule has 2 heterocycles. The number of aromatic hydroxyl groups is 1. The van der Waals surface area contributed by atoms with E-state index in [1.807, 2.05) is 29.0 Å². The van der Waals surface area contributed by atoms with Gasteiger partial charge in [0.05, 0.1) is 6.54 Å². The van der Waals surface area contributed by atoms with Crippen LogP contribution in [0.3, 0.4) is 0 Å². The Kier molecular flexibility index (Phi) is 4.88. The maximum Gasteiger partial charge on any atom is 0.192 e. The van der Waals surface area contributed by atoms with Gasteiger partial charge in [0.25, 0.3) is 0 Å². The van der Waals surface area contributed by atoms with Gasteiger partial charge in [-0.1, -0.05) is 41.5 Å². The maximum atomic E-state index is 11.2. The predicted molar refractivity (Wildman–Crippen MR) is 118 cm³/mol. The van der Waals surface area contributed by atoms with Gasteiger partial charge in [-0.05, 0) is 36.0 Å². The number of aliphatic imine (C=N–C) groups is 1. The molecule has 0 spiro atoms. The molecule has 2 aromatic rings. The van der Waals surface area contributed by atoms with Gasteiger partial charge in [0.2, 0.25) is 0 Å². The third kappa shape index (κ3) is 4.07. The average Bonchev–Trinajstić information content (AvgIpc) is 3.07. The average molecular weight is 399 g/mol. The fourth-order valence-corrected chi connectivity index (χ4v) is 4.23. The van der Waals surface area contributed by atoms with Gasteiger partial charge in [-0.3, -0.25) is 0 Å². The second-order valence-electron chi connectivity index (χ2n) is 10.4. The zero-order valence-corrected chi connectivity index (χ0v) is 18.6. The second-order valence-corrected chi connectivity index (χ2v) is 10.4. The van der Waals surface area contributed by atoms with Crippen molar-refractivity contribution in [3.8, 4) is 11.5 Å². The summed E-state index contributed by atoms with van der Waals surface area (Å²) in [6.07, 6.45) is 2.65. The highest BCUT2D eigenvalue weighted by molar-refractivity contribution is 5.78. The molecule has 6 heteroatoms. The summed E-state index contributed by atoms with van der Waals surface area (Å²) in [5, 5.41) is 11.2. The summed E-state index contributed by atoms with van der Waals surface area (Å²) in [5.74, 6) is 1.97. The van der Waals surface area contributed by atoms with Crippen LogP contribution in [0.4, 0.5) is 5.82 Å². The van der Waals surface area contributed by atoms with Crippen LogP contribution in [0.1, 0.15) is 65.2 Å². The summed E-state index contributed by atoms with van der Waals surface area (Å²) in [6, 6.07) is 5.80. The first-order chi connectivity index (χ1) is 13.2. The summed E-state index contributed by atoms with van der Waals surface area (Å²) in [5.41, 5.74) is 13.2. The van der Waals surface area contributed by atoms with E-state index in [2.05, 4.69) is 53.5 Å². The molecule has 0 fully saturated rings. The Morgan fingerprint density at radius 1 is 1.21 bits per heavy atom. The van der Waals surface area contributed by atoms with Crippen LogP contribution >= 0.6 is 0 Å². The van der Waals surface area contributed by atoms with Crippen molar-refractivity contribution in [3.05, 3.63) is 41.1 Å². The van der Waals surface area contributed by atoms with Crippen LogP contribution < -0.4 is 16.2 Å². The maximum absolute atomic E-state index is 11.2. The van der Waals surface area contributed by atoms with Crippen LogP contribution in [0.25, 0.3) is 0 Å². The number of fused-ring (bicyclic) bond motifs is 1. The molecule has 158 valence electrons. The Morgan fingerprint density at radius 2 is 1.86 bits per heavy atom. The first-order valence-electron chi connectivity index (χ1n) is 10.0. The highest BCUT2D eigenvalue weighted by Gasteiger charge is 2.41. The summed E-state index contributed by atoms with van der Waals surface area (Å²) < 4.78 is 8.50. The van der Waals surface area contributed by atoms with Crippen molar-refractivity contribution >= 4 is 11.8 Å². The number of benzene rings is 1. The van der Waals surface area contributed by atoms with Gasteiger partial charge >= 0.3 is 0 Å². The molecule has 5 N–H and O–H groups in total. The number of aromatic nitrogens is 1. The van der Waals surface area contributed by atoms with Crippen molar-refractivity contribution in [3.63, 3.8) is 0 Å². The third-order valence-electron chi connectivity index (χ3n) is 5.39. The van der Waals surface area contributed by atoms with Crippen LogP contribution in [0, 0.1) is 0 Å². The van der Waals surface area contributed by atoms with Crippen LogP contribution in [0.2, 0.25) is 0 Å². The molecule has 1 aliphatic heterocycles. The number of phenolic OH excluding ortho intramolecular Hbond substituents is 1. The highest BCUT2D eigenvalue weighted by atomic mass is 16.5. The topological polar surface area (TPSA) is 98.8 Å². The molecule has 0 amide bonds. The molecule has 1 unspecified atom stereocenters. The van der Waals surface area contributed by atoms with Crippen molar-refractivity contribution in [1.29, 1.82) is 0 Å². The SMILES string of the molecule is CC1(Cn2cccc2N=C(N)N)Cc2c(cc(C(C)(C)C)c(O)c2C(C)(C)C)O1. The van der Waals surface area contributed by atoms with Gasteiger partial charge in [-0.2, -0.15) is 4.99 Å². The molecule has 1 aromatic carbocycles. The molecule has 0 aliphatic carbocycles. The summed E-state index contributed by atoms with van der Waals surface area (Å²) in [7, 11) is 0. The van der Waals surface area contributed by atoms with Crippen molar-refractivity contribution in [2.24, 2.45) is 16.5 Å². The van der Waals surface area contributed by atoms with E-state index in [9.17, 15) is 5.11 Å². The molecule has 29 heavy (non-hydrogen) atoms. The lowest BCUT2D eigenvalue weighted by molar-refractivity contribution is 0.0956. The molecule has 3 rings (SSSR count). The highest BCUT2D eigenvalue weighted by Crippen LogP contribution is 2.49. The number of nitrogens with zero attached hydrogens (tertiary/aromatic N) is 2. The number of hydrogen-bond donors (Lipinski definition) is 3. The quantitative estimate of drug-likeness (QED) is 0.536. The fraction of sp³-hybridized carbons (Fsp3) is 0.522. The summed E-state index contributed by atoms with van der Waals surface area (Å²) >= 11 is 0. The molecule has 0 saturated heterocycles. The molecule has 0 saturated carbocycles. The molecule has 6 nitrogen and oxygen atoms in total. The number of hydrogen-bond acceptors (Lipinski definition) is 3. The van der Waals surface area contributed by atoms with E-state index in [1.165, 1.54) is 0 Å². The minimum Gasteiger partial charge on any atom is -0.507 e. The van der Waals surface area contributed by atoms with E-state index in [-0.39, 0.29) is 16.8 Å². The monoisotopic (exact) mass is 398 g/mol. The van der Waals surface area contributed by atoms with E-state index < -0.39 is 5.60 Å². The largest absolute Gasteiger partial charge is 0.507 e. The zero-order valence-electron chi connectivity index (χ0n) is 18.6. The van der Waals surface area contributed by atoms with Gasteiger partial charge in [0.1, 0.15) is 22.9 Å². The number of nitrogens with two attached hydrogens (primary N) is 2. The molecule has 1 aliphatic rings. The summed E-state index contributed by atoms with van der Waals surface area (Å²) in [4.78, 5) is 4.20. The molecule has 0 radical (unpaired) electrons. The lowest BCUT2D eigenvalue weighted by Gasteiger charge is -2.29. The Labute approximate surface area is 173 Å². The fourth-order valence-electron chi connectivity index (χ4n) is 4.23. The normalized spacial score (nSPS) is 19.0. The number of ether oxygens (including phenoxy) is 1. The van der Waals surface area contributed by atoms with Crippen LogP contribution in [-0.2, 0) is 23.8 Å². The predicted octanol–water partition coefficient (Wildman–Crippen LogP) is 4.09. The van der Waals surface area contributed by atoms with Crippen molar-refractivity contribution < 1.29 is 9.84 Å². The van der Waals surface area contributed by atoms with E-state index in [4.69, 9.17) is 16.2 Å². The number of guanidine groups is 1. The van der Waals surface area contributed by atoms with Crippen molar-refractivity contribution in [2.45, 2.75) is 77.9 Å². The zero-order chi connectivity index (χ0) is 21.8. The Morgan fingerprint density at radius 3 is 2.41 bits per heavy atom. The first-order valence-corrected chi connectivity index (χ1v) is 10.0. The van der Waals surface area contributed by atoms with Crippen LogP contribution in [0.5, 0.6) is 11.5 Å². The van der Waals surface area contributed by atoms with E-state index in [0.717, 1.165) is 22.4 Å². The summed E-state index contributed by atoms with van der Waals surface area (Å²) in [6.45, 7) is 15.4. The lowest BCUT2D eigenvalue weighted by atomic mass is 9.76. The van der Waals surface area contributed by atoms with E-state index in [1.54, 1.807) is 0 Å². The van der Waals surface area contributed by atoms with Gasteiger partial charge in [-0.25, -0.2) is 0 Å². The van der Waals surface area contributed by atoms with Gasteiger partial charge in [-0.15, -0.1) is 0 Å². The van der Waals surface area contributed by atoms with Gasteiger partial charge in [0.15, 0.2) is 5.96 Å². The van der Waals surface area contributed by atoms with E-state index >= 15 is 0 Å². The molecule has 0 bridgehead atoms. The molecular weight excluding hydrogens is 364 g/mol. The Balaban J connectivity index is 2.06. The van der Waals surface area contributed by atoms with Crippen LogP contribution in [0.15, 0.2) is 29.4 Å². The van der Waals surface area contributed by atoms with Crippen molar-refractivity contribution in [1.82, 2.24) is 4.57 Å². The minimum absolute atomic E-state index is 0.0282. The minimum atomic E-state index is -0.474. The Hall–Kier alpha value is -2.63. The van der Waals surface area contributed by atoms with Crippen molar-refractivity contribution in [2.75, 3.05) is 0 Å². The number of rotatable bonds is 3. The first kappa shape index (κ1) is 21.1. The smallest absolute Gasteiger partial charge is 0.192 e. The second kappa shape index (κ2) is 6.71. The molecular formula is C23H34N4O2. The van der Waals surface area contributed by atoms with Gasteiger partial charge < -0.3 is 25.9 Å². The molecule has 1 aromatic heterocycles. The van der Waals surface area contributed by atoms with Crippen LogP contribution in [-0.4, -0.2) is 21.2 Å². The Bertz CT molecular complexity index is 956. The number of phenols is 1.